The van der Waals surface area contributed by atoms with Gasteiger partial charge in [-0.3, -0.25) is 4.98 Å². The van der Waals surface area contributed by atoms with Crippen LogP contribution in [0.15, 0.2) is 12.4 Å². The van der Waals surface area contributed by atoms with E-state index in [0.717, 1.165) is 6.20 Å². The molecular weight excluding hydrogens is 169 g/mol. The second-order valence-electron chi connectivity index (χ2n) is 2.40. The molecule has 2 nitrogen and oxygen atoms in total. The molecule has 0 aromatic carbocycles. The number of hydrogen-bond donors (Lipinski definition) is 1. The van der Waals surface area contributed by atoms with E-state index in [9.17, 15) is 13.2 Å². The molecule has 0 amide bonds. The first kappa shape index (κ1) is 8.83. The van der Waals surface area contributed by atoms with Gasteiger partial charge < -0.3 is 5.73 Å². The number of pyridine rings is 1. The Morgan fingerprint density at radius 3 is 2.33 bits per heavy atom. The molecule has 1 rings (SSSR count). The lowest BCUT2D eigenvalue weighted by Gasteiger charge is -2.10. The first-order valence-corrected chi connectivity index (χ1v) is 3.20. The summed E-state index contributed by atoms with van der Waals surface area (Å²) >= 11 is 0. The fourth-order valence-electron chi connectivity index (χ4n) is 0.827. The quantitative estimate of drug-likeness (QED) is 0.656. The van der Waals surface area contributed by atoms with Gasteiger partial charge in [-0.1, -0.05) is 0 Å². The van der Waals surface area contributed by atoms with Crippen molar-refractivity contribution >= 4 is 5.69 Å². The fraction of sp³-hybridized carbons (Fsp3) is 0.286. The van der Waals surface area contributed by atoms with Gasteiger partial charge in [-0.2, -0.15) is 13.2 Å². The minimum atomic E-state index is -4.37. The first-order valence-electron chi connectivity index (χ1n) is 3.20. The molecule has 0 radical (unpaired) electrons. The fourth-order valence-corrected chi connectivity index (χ4v) is 0.827. The molecule has 12 heavy (non-hydrogen) atoms. The molecule has 0 aliphatic carbocycles. The highest BCUT2D eigenvalue weighted by Gasteiger charge is 2.33. The highest BCUT2D eigenvalue weighted by molar-refractivity contribution is 5.48. The number of nitrogen functional groups attached to an aromatic ring is 1. The average Bonchev–Trinajstić information content (AvgIpc) is 1.92. The van der Waals surface area contributed by atoms with Crippen LogP contribution in [0.5, 0.6) is 0 Å². The Morgan fingerprint density at radius 2 is 1.92 bits per heavy atom. The molecule has 1 aromatic rings. The normalized spacial score (nSPS) is 11.7. The van der Waals surface area contributed by atoms with Gasteiger partial charge in [-0.25, -0.2) is 0 Å². The highest BCUT2D eigenvalue weighted by Crippen LogP contribution is 2.32. The number of aromatic nitrogens is 1. The lowest BCUT2D eigenvalue weighted by molar-refractivity contribution is -0.138. The standard InChI is InChI=1S/C7H7F3N2/c1-4-5(7(8,9)10)2-12-3-6(4)11/h2-3H,11H2,1H3. The van der Waals surface area contributed by atoms with Gasteiger partial charge in [-0.05, 0) is 12.5 Å². The molecule has 0 unspecified atom stereocenters. The minimum Gasteiger partial charge on any atom is -0.397 e. The second-order valence-corrected chi connectivity index (χ2v) is 2.40. The summed E-state index contributed by atoms with van der Waals surface area (Å²) in [5.41, 5.74) is 4.56. The summed E-state index contributed by atoms with van der Waals surface area (Å²) in [6.07, 6.45) is -2.40. The Bertz CT molecular complexity index is 293. The molecule has 0 aliphatic heterocycles. The molecular formula is C7H7F3N2. The van der Waals surface area contributed by atoms with E-state index in [-0.39, 0.29) is 11.3 Å². The van der Waals surface area contributed by atoms with Crippen molar-refractivity contribution in [2.24, 2.45) is 0 Å². The van der Waals surface area contributed by atoms with Gasteiger partial charge in [0.15, 0.2) is 0 Å². The van der Waals surface area contributed by atoms with E-state index in [4.69, 9.17) is 5.73 Å². The van der Waals surface area contributed by atoms with Gasteiger partial charge in [0.2, 0.25) is 0 Å². The molecule has 5 heteroatoms. The van der Waals surface area contributed by atoms with E-state index in [2.05, 4.69) is 4.98 Å². The third kappa shape index (κ3) is 1.49. The number of nitrogens with two attached hydrogens (primary N) is 1. The third-order valence-electron chi connectivity index (χ3n) is 1.56. The monoisotopic (exact) mass is 176 g/mol. The van der Waals surface area contributed by atoms with E-state index in [0.29, 0.717) is 0 Å². The Morgan fingerprint density at radius 1 is 1.33 bits per heavy atom. The minimum absolute atomic E-state index is 0.0255. The smallest absolute Gasteiger partial charge is 0.397 e. The van der Waals surface area contributed by atoms with Gasteiger partial charge >= 0.3 is 6.18 Å². The number of nitrogens with zero attached hydrogens (tertiary/aromatic N) is 1. The molecule has 0 saturated heterocycles. The Labute approximate surface area is 67.2 Å². The first-order chi connectivity index (χ1) is 5.43. The van der Waals surface area contributed by atoms with Crippen LogP contribution in [0.25, 0.3) is 0 Å². The maximum atomic E-state index is 12.1. The summed E-state index contributed by atoms with van der Waals surface area (Å²) in [6, 6.07) is 0. The van der Waals surface area contributed by atoms with E-state index in [1.807, 2.05) is 0 Å². The number of halogens is 3. The molecule has 0 aliphatic rings. The zero-order valence-corrected chi connectivity index (χ0v) is 6.31. The molecule has 0 fully saturated rings. The van der Waals surface area contributed by atoms with Crippen LogP contribution in [0.2, 0.25) is 0 Å². The van der Waals surface area contributed by atoms with Crippen LogP contribution in [0.4, 0.5) is 18.9 Å². The van der Waals surface area contributed by atoms with Gasteiger partial charge in [0.1, 0.15) is 0 Å². The van der Waals surface area contributed by atoms with E-state index in [1.54, 1.807) is 0 Å². The lowest BCUT2D eigenvalue weighted by Crippen LogP contribution is -2.09. The molecule has 0 spiro atoms. The molecule has 66 valence electrons. The second kappa shape index (κ2) is 2.66. The van der Waals surface area contributed by atoms with Gasteiger partial charge in [-0.15, -0.1) is 0 Å². The van der Waals surface area contributed by atoms with Crippen LogP contribution in [0.1, 0.15) is 11.1 Å². The zero-order chi connectivity index (χ0) is 9.35. The van der Waals surface area contributed by atoms with Crippen LogP contribution >= 0.6 is 0 Å². The summed E-state index contributed by atoms with van der Waals surface area (Å²) in [5.74, 6) is 0. The number of hydrogen-bond acceptors (Lipinski definition) is 2. The van der Waals surface area contributed by atoms with Crippen molar-refractivity contribution in [3.05, 3.63) is 23.5 Å². The lowest BCUT2D eigenvalue weighted by atomic mass is 10.1. The van der Waals surface area contributed by atoms with Crippen LogP contribution in [0.3, 0.4) is 0 Å². The number of rotatable bonds is 0. The van der Waals surface area contributed by atoms with Crippen LogP contribution in [-0.4, -0.2) is 4.98 Å². The third-order valence-corrected chi connectivity index (χ3v) is 1.56. The molecule has 0 atom stereocenters. The van der Waals surface area contributed by atoms with Crippen LogP contribution in [0, 0.1) is 6.92 Å². The zero-order valence-electron chi connectivity index (χ0n) is 6.31. The van der Waals surface area contributed by atoms with Gasteiger partial charge in [0.25, 0.3) is 0 Å². The number of anilines is 1. The molecule has 0 saturated carbocycles. The summed E-state index contributed by atoms with van der Waals surface area (Å²) < 4.78 is 36.4. The van der Waals surface area contributed by atoms with Crippen molar-refractivity contribution in [3.63, 3.8) is 0 Å². The van der Waals surface area contributed by atoms with E-state index in [1.165, 1.54) is 13.1 Å². The molecule has 1 aromatic heterocycles. The predicted octanol–water partition coefficient (Wildman–Crippen LogP) is 1.99. The average molecular weight is 176 g/mol. The van der Waals surface area contributed by atoms with Crippen molar-refractivity contribution in [1.82, 2.24) is 4.98 Å². The number of alkyl halides is 3. The summed E-state index contributed by atoms with van der Waals surface area (Å²) in [7, 11) is 0. The maximum Gasteiger partial charge on any atom is 0.418 e. The summed E-state index contributed by atoms with van der Waals surface area (Å²) in [5, 5.41) is 0. The Kier molecular flexibility index (Phi) is 1.95. The molecule has 2 N–H and O–H groups in total. The molecule has 1 heterocycles. The van der Waals surface area contributed by atoms with Crippen molar-refractivity contribution in [3.8, 4) is 0 Å². The SMILES string of the molecule is Cc1c(N)cncc1C(F)(F)F. The van der Waals surface area contributed by atoms with Gasteiger partial charge in [0, 0.05) is 6.20 Å². The van der Waals surface area contributed by atoms with E-state index >= 15 is 0 Å². The molecule has 0 bridgehead atoms. The van der Waals surface area contributed by atoms with Crippen molar-refractivity contribution in [2.45, 2.75) is 13.1 Å². The van der Waals surface area contributed by atoms with E-state index < -0.39 is 11.7 Å². The predicted molar refractivity (Wildman–Crippen MR) is 38.4 cm³/mol. The van der Waals surface area contributed by atoms with Gasteiger partial charge in [0.05, 0.1) is 17.4 Å². The topological polar surface area (TPSA) is 38.9 Å². The summed E-state index contributed by atoms with van der Waals surface area (Å²) in [4.78, 5) is 3.37. The largest absolute Gasteiger partial charge is 0.418 e. The van der Waals surface area contributed by atoms with Crippen molar-refractivity contribution < 1.29 is 13.2 Å². The van der Waals surface area contributed by atoms with Crippen molar-refractivity contribution in [2.75, 3.05) is 5.73 Å². The summed E-state index contributed by atoms with van der Waals surface area (Å²) in [6.45, 7) is 1.32. The van der Waals surface area contributed by atoms with Crippen LogP contribution < -0.4 is 5.73 Å². The van der Waals surface area contributed by atoms with Crippen LogP contribution in [-0.2, 0) is 6.18 Å². The maximum absolute atomic E-state index is 12.1. The van der Waals surface area contributed by atoms with Crippen molar-refractivity contribution in [1.29, 1.82) is 0 Å². The Hall–Kier alpha value is -1.26. The Balaban J connectivity index is 3.26. The highest BCUT2D eigenvalue weighted by atomic mass is 19.4.